The van der Waals surface area contributed by atoms with Crippen LogP contribution < -0.4 is 0 Å². The molecular weight excluding hydrogens is 242 g/mol. The van der Waals surface area contributed by atoms with Crippen LogP contribution in [0.5, 0.6) is 5.75 Å². The Morgan fingerprint density at radius 2 is 1.79 bits per heavy atom. The molecule has 1 aromatic heterocycles. The summed E-state index contributed by atoms with van der Waals surface area (Å²) >= 11 is 3.35. The summed E-state index contributed by atoms with van der Waals surface area (Å²) in [6.07, 6.45) is 1.66. The number of pyridine rings is 1. The minimum Gasteiger partial charge on any atom is -0.506 e. The van der Waals surface area contributed by atoms with Crippen LogP contribution in [0.25, 0.3) is 11.3 Å². The molecule has 1 aromatic carbocycles. The molecule has 0 saturated carbocycles. The third-order valence-electron chi connectivity index (χ3n) is 1.90. The number of aromatic nitrogens is 1. The average molecular weight is 250 g/mol. The number of hydrogen-bond acceptors (Lipinski definition) is 2. The van der Waals surface area contributed by atoms with E-state index in [-0.39, 0.29) is 5.75 Å². The molecule has 0 radical (unpaired) electrons. The molecule has 0 aliphatic carbocycles. The molecule has 1 N–H and O–H groups in total. The lowest BCUT2D eigenvalue weighted by Crippen LogP contribution is -1.82. The van der Waals surface area contributed by atoms with E-state index in [1.807, 2.05) is 24.3 Å². The first-order valence-electron chi connectivity index (χ1n) is 4.17. The monoisotopic (exact) mass is 249 g/mol. The van der Waals surface area contributed by atoms with Crippen LogP contribution in [0.3, 0.4) is 0 Å². The van der Waals surface area contributed by atoms with Gasteiger partial charge in [0.25, 0.3) is 0 Å². The molecule has 14 heavy (non-hydrogen) atoms. The average Bonchev–Trinajstić information content (AvgIpc) is 2.20. The van der Waals surface area contributed by atoms with E-state index in [0.29, 0.717) is 5.69 Å². The van der Waals surface area contributed by atoms with Crippen LogP contribution in [0.4, 0.5) is 0 Å². The van der Waals surface area contributed by atoms with E-state index in [1.165, 1.54) is 0 Å². The maximum atomic E-state index is 9.56. The molecule has 0 bridgehead atoms. The second-order valence-electron chi connectivity index (χ2n) is 2.88. The van der Waals surface area contributed by atoms with E-state index >= 15 is 0 Å². The Hall–Kier alpha value is -1.35. The standard InChI is InChI=1S/C11H8BrNO/c12-9-5-3-8(4-6-9)11-10(14)2-1-7-13-11/h1-7,14H. The van der Waals surface area contributed by atoms with Crippen molar-refractivity contribution in [2.24, 2.45) is 0 Å². The lowest BCUT2D eigenvalue weighted by atomic mass is 10.1. The Morgan fingerprint density at radius 1 is 1.07 bits per heavy atom. The van der Waals surface area contributed by atoms with Gasteiger partial charge in [0.05, 0.1) is 0 Å². The highest BCUT2D eigenvalue weighted by atomic mass is 79.9. The Bertz CT molecular complexity index is 439. The van der Waals surface area contributed by atoms with Gasteiger partial charge < -0.3 is 5.11 Å². The van der Waals surface area contributed by atoms with Crippen LogP contribution in [0.15, 0.2) is 47.1 Å². The third-order valence-corrected chi connectivity index (χ3v) is 2.43. The molecule has 0 aliphatic rings. The minimum absolute atomic E-state index is 0.204. The zero-order chi connectivity index (χ0) is 9.97. The van der Waals surface area contributed by atoms with Gasteiger partial charge in [-0.25, -0.2) is 0 Å². The van der Waals surface area contributed by atoms with Crippen LogP contribution in [0.1, 0.15) is 0 Å². The fourth-order valence-electron chi connectivity index (χ4n) is 1.23. The molecule has 1 heterocycles. The number of rotatable bonds is 1. The van der Waals surface area contributed by atoms with Crippen molar-refractivity contribution in [2.45, 2.75) is 0 Å². The molecule has 0 atom stereocenters. The first kappa shape index (κ1) is 9.21. The van der Waals surface area contributed by atoms with Gasteiger partial charge in [-0.1, -0.05) is 28.1 Å². The third kappa shape index (κ3) is 1.77. The van der Waals surface area contributed by atoms with Crippen molar-refractivity contribution in [3.63, 3.8) is 0 Å². The molecule has 0 unspecified atom stereocenters. The molecule has 70 valence electrons. The van der Waals surface area contributed by atoms with Crippen molar-refractivity contribution >= 4 is 15.9 Å². The van der Waals surface area contributed by atoms with Gasteiger partial charge in [-0.15, -0.1) is 0 Å². The van der Waals surface area contributed by atoms with Crippen molar-refractivity contribution in [3.8, 4) is 17.0 Å². The summed E-state index contributed by atoms with van der Waals surface area (Å²) in [6, 6.07) is 11.0. The Balaban J connectivity index is 2.50. The summed E-state index contributed by atoms with van der Waals surface area (Å²) in [4.78, 5) is 4.11. The molecule has 0 fully saturated rings. The Kier molecular flexibility index (Phi) is 2.50. The van der Waals surface area contributed by atoms with Gasteiger partial charge in [0.15, 0.2) is 0 Å². The maximum Gasteiger partial charge on any atom is 0.141 e. The zero-order valence-electron chi connectivity index (χ0n) is 7.31. The summed E-state index contributed by atoms with van der Waals surface area (Å²) in [5, 5.41) is 9.56. The lowest BCUT2D eigenvalue weighted by Gasteiger charge is -2.02. The quantitative estimate of drug-likeness (QED) is 0.842. The second-order valence-corrected chi connectivity index (χ2v) is 3.79. The predicted molar refractivity (Wildman–Crippen MR) is 59.0 cm³/mol. The van der Waals surface area contributed by atoms with E-state index in [2.05, 4.69) is 20.9 Å². The summed E-state index contributed by atoms with van der Waals surface area (Å²) in [5.41, 5.74) is 1.52. The summed E-state index contributed by atoms with van der Waals surface area (Å²) < 4.78 is 1.01. The summed E-state index contributed by atoms with van der Waals surface area (Å²) in [7, 11) is 0. The maximum absolute atomic E-state index is 9.56. The lowest BCUT2D eigenvalue weighted by molar-refractivity contribution is 0.475. The molecule has 0 aliphatic heterocycles. The number of nitrogens with zero attached hydrogens (tertiary/aromatic N) is 1. The molecule has 2 nitrogen and oxygen atoms in total. The van der Waals surface area contributed by atoms with Gasteiger partial charge >= 0.3 is 0 Å². The first-order chi connectivity index (χ1) is 6.77. The zero-order valence-corrected chi connectivity index (χ0v) is 8.90. The van der Waals surface area contributed by atoms with Crippen molar-refractivity contribution in [2.75, 3.05) is 0 Å². The molecule has 0 saturated heterocycles. The molecule has 0 spiro atoms. The number of aromatic hydroxyl groups is 1. The largest absolute Gasteiger partial charge is 0.506 e. The van der Waals surface area contributed by atoms with Gasteiger partial charge in [-0.05, 0) is 24.3 Å². The molecule has 0 amide bonds. The minimum atomic E-state index is 0.204. The van der Waals surface area contributed by atoms with Crippen LogP contribution in [0, 0.1) is 0 Å². The van der Waals surface area contributed by atoms with Crippen molar-refractivity contribution in [1.29, 1.82) is 0 Å². The molecule has 3 heteroatoms. The summed E-state index contributed by atoms with van der Waals surface area (Å²) in [5.74, 6) is 0.204. The van der Waals surface area contributed by atoms with Crippen molar-refractivity contribution in [3.05, 3.63) is 47.1 Å². The second kappa shape index (κ2) is 3.80. The van der Waals surface area contributed by atoms with E-state index in [0.717, 1.165) is 10.0 Å². The topological polar surface area (TPSA) is 33.1 Å². The number of halogens is 1. The summed E-state index contributed by atoms with van der Waals surface area (Å²) in [6.45, 7) is 0. The van der Waals surface area contributed by atoms with Gasteiger partial charge in [0.1, 0.15) is 11.4 Å². The predicted octanol–water partition coefficient (Wildman–Crippen LogP) is 3.22. The van der Waals surface area contributed by atoms with E-state index in [4.69, 9.17) is 0 Å². The van der Waals surface area contributed by atoms with Crippen LogP contribution >= 0.6 is 15.9 Å². The highest BCUT2D eigenvalue weighted by Crippen LogP contribution is 2.26. The smallest absolute Gasteiger partial charge is 0.141 e. The fraction of sp³-hybridized carbons (Fsp3) is 0. The van der Waals surface area contributed by atoms with E-state index in [1.54, 1.807) is 18.3 Å². The van der Waals surface area contributed by atoms with Crippen molar-refractivity contribution in [1.82, 2.24) is 4.98 Å². The van der Waals surface area contributed by atoms with Crippen LogP contribution in [-0.4, -0.2) is 10.1 Å². The number of hydrogen-bond donors (Lipinski definition) is 1. The van der Waals surface area contributed by atoms with Gasteiger partial charge in [-0.3, -0.25) is 4.98 Å². The molecule has 2 rings (SSSR count). The van der Waals surface area contributed by atoms with Crippen molar-refractivity contribution < 1.29 is 5.11 Å². The molecular formula is C11H8BrNO. The fourth-order valence-corrected chi connectivity index (χ4v) is 1.49. The first-order valence-corrected chi connectivity index (χ1v) is 4.96. The SMILES string of the molecule is Oc1cccnc1-c1ccc(Br)cc1. The van der Waals surface area contributed by atoms with Gasteiger partial charge in [0.2, 0.25) is 0 Å². The van der Waals surface area contributed by atoms with Gasteiger partial charge in [0, 0.05) is 16.2 Å². The molecule has 2 aromatic rings. The van der Waals surface area contributed by atoms with Crippen LogP contribution in [0.2, 0.25) is 0 Å². The highest BCUT2D eigenvalue weighted by Gasteiger charge is 2.03. The normalized spacial score (nSPS) is 10.1. The van der Waals surface area contributed by atoms with E-state index < -0.39 is 0 Å². The van der Waals surface area contributed by atoms with E-state index in [9.17, 15) is 5.11 Å². The Labute approximate surface area is 90.4 Å². The van der Waals surface area contributed by atoms with Crippen LogP contribution in [-0.2, 0) is 0 Å². The number of benzene rings is 1. The highest BCUT2D eigenvalue weighted by molar-refractivity contribution is 9.10. The van der Waals surface area contributed by atoms with Gasteiger partial charge in [-0.2, -0.15) is 0 Å². The Morgan fingerprint density at radius 3 is 2.43 bits per heavy atom.